The Morgan fingerprint density at radius 2 is 2.11 bits per heavy atom. The highest BCUT2D eigenvalue weighted by Gasteiger charge is 2.22. The van der Waals surface area contributed by atoms with E-state index < -0.39 is 21.3 Å². The SMILES string of the molecule is CC(C)(C#N)CNS(=O)(=O)c1ccc(Br)c(F)c1. The molecule has 1 rings (SSSR count). The molecule has 0 aromatic heterocycles. The van der Waals surface area contributed by atoms with Gasteiger partial charge in [-0.1, -0.05) is 0 Å². The maximum Gasteiger partial charge on any atom is 0.240 e. The van der Waals surface area contributed by atoms with Crippen molar-refractivity contribution in [2.75, 3.05) is 6.54 Å². The van der Waals surface area contributed by atoms with Crippen LogP contribution in [0.5, 0.6) is 0 Å². The van der Waals surface area contributed by atoms with E-state index in [1.807, 2.05) is 6.07 Å². The third kappa shape index (κ3) is 3.77. The maximum absolute atomic E-state index is 13.3. The third-order valence-corrected chi connectivity index (χ3v) is 4.25. The molecule has 1 aromatic rings. The minimum atomic E-state index is -3.80. The second-order valence-electron chi connectivity index (χ2n) is 4.40. The Balaban J connectivity index is 2.94. The quantitative estimate of drug-likeness (QED) is 0.919. The van der Waals surface area contributed by atoms with Gasteiger partial charge < -0.3 is 0 Å². The predicted octanol–water partition coefficient (Wildman–Crippen LogP) is 2.42. The van der Waals surface area contributed by atoms with Crippen LogP contribution < -0.4 is 4.72 Å². The first-order valence-electron chi connectivity index (χ1n) is 5.04. The van der Waals surface area contributed by atoms with Gasteiger partial charge in [0.2, 0.25) is 10.0 Å². The number of benzene rings is 1. The van der Waals surface area contributed by atoms with Crippen LogP contribution in [0, 0.1) is 22.6 Å². The van der Waals surface area contributed by atoms with Crippen molar-refractivity contribution < 1.29 is 12.8 Å². The van der Waals surface area contributed by atoms with Gasteiger partial charge in [-0.3, -0.25) is 0 Å². The van der Waals surface area contributed by atoms with Crippen molar-refractivity contribution >= 4 is 26.0 Å². The number of nitriles is 1. The van der Waals surface area contributed by atoms with Gasteiger partial charge in [-0.05, 0) is 48.0 Å². The first-order chi connectivity index (χ1) is 8.18. The van der Waals surface area contributed by atoms with Crippen molar-refractivity contribution in [2.45, 2.75) is 18.7 Å². The minimum Gasteiger partial charge on any atom is -0.210 e. The normalized spacial score (nSPS) is 12.2. The van der Waals surface area contributed by atoms with Crippen LogP contribution in [0.2, 0.25) is 0 Å². The summed E-state index contributed by atoms with van der Waals surface area (Å²) in [6.07, 6.45) is 0. The summed E-state index contributed by atoms with van der Waals surface area (Å²) in [5.74, 6) is -0.655. The van der Waals surface area contributed by atoms with E-state index in [9.17, 15) is 12.8 Å². The van der Waals surface area contributed by atoms with Gasteiger partial charge in [-0.2, -0.15) is 5.26 Å². The van der Waals surface area contributed by atoms with Gasteiger partial charge in [0.05, 0.1) is 20.9 Å². The van der Waals surface area contributed by atoms with Crippen molar-refractivity contribution in [1.82, 2.24) is 4.72 Å². The third-order valence-electron chi connectivity index (χ3n) is 2.21. The summed E-state index contributed by atoms with van der Waals surface area (Å²) in [4.78, 5) is -0.170. The molecule has 0 aliphatic heterocycles. The van der Waals surface area contributed by atoms with Crippen molar-refractivity contribution in [1.29, 1.82) is 5.26 Å². The molecule has 0 fully saturated rings. The van der Waals surface area contributed by atoms with E-state index in [2.05, 4.69) is 20.7 Å². The van der Waals surface area contributed by atoms with Crippen LogP contribution in [0.15, 0.2) is 27.6 Å². The molecule has 0 unspecified atom stereocenters. The molecule has 4 nitrogen and oxygen atoms in total. The summed E-state index contributed by atoms with van der Waals surface area (Å²) in [6.45, 7) is 3.18. The Kier molecular flexibility index (Phi) is 4.48. The fourth-order valence-electron chi connectivity index (χ4n) is 1.04. The van der Waals surface area contributed by atoms with Crippen LogP contribution in [-0.2, 0) is 10.0 Å². The topological polar surface area (TPSA) is 70.0 Å². The monoisotopic (exact) mass is 334 g/mol. The minimum absolute atomic E-state index is 0.0382. The van der Waals surface area contributed by atoms with E-state index in [4.69, 9.17) is 5.26 Å². The van der Waals surface area contributed by atoms with Gasteiger partial charge >= 0.3 is 0 Å². The Hall–Kier alpha value is -0.970. The number of nitrogens with zero attached hydrogens (tertiary/aromatic N) is 1. The van der Waals surface area contributed by atoms with E-state index in [1.165, 1.54) is 12.1 Å². The van der Waals surface area contributed by atoms with Crippen LogP contribution in [0.3, 0.4) is 0 Å². The van der Waals surface area contributed by atoms with Crippen LogP contribution in [0.4, 0.5) is 4.39 Å². The lowest BCUT2D eigenvalue weighted by atomic mass is 9.97. The van der Waals surface area contributed by atoms with Crippen molar-refractivity contribution in [3.63, 3.8) is 0 Å². The molecule has 0 aliphatic carbocycles. The Labute approximate surface area is 114 Å². The van der Waals surface area contributed by atoms with Gasteiger partial charge in [0.1, 0.15) is 5.82 Å². The number of hydrogen-bond donors (Lipinski definition) is 1. The van der Waals surface area contributed by atoms with Gasteiger partial charge in [-0.25, -0.2) is 17.5 Å². The average molecular weight is 335 g/mol. The molecule has 0 heterocycles. The standard InChI is InChI=1S/C11H12BrFN2O2S/c1-11(2,6-14)7-15-18(16,17)8-3-4-9(12)10(13)5-8/h3-5,15H,7H2,1-2H3. The lowest BCUT2D eigenvalue weighted by molar-refractivity contribution is 0.478. The fourth-order valence-corrected chi connectivity index (χ4v) is 2.51. The highest BCUT2D eigenvalue weighted by atomic mass is 79.9. The first kappa shape index (κ1) is 15.1. The smallest absolute Gasteiger partial charge is 0.210 e. The molecule has 0 amide bonds. The Bertz CT molecular complexity index is 594. The fraction of sp³-hybridized carbons (Fsp3) is 0.364. The summed E-state index contributed by atoms with van der Waals surface area (Å²) in [5, 5.41) is 8.79. The second-order valence-corrected chi connectivity index (χ2v) is 7.02. The second kappa shape index (κ2) is 5.34. The molecule has 0 spiro atoms. The molecule has 0 bridgehead atoms. The first-order valence-corrected chi connectivity index (χ1v) is 7.31. The van der Waals surface area contributed by atoms with Crippen molar-refractivity contribution in [3.05, 3.63) is 28.5 Å². The number of nitrogens with one attached hydrogen (secondary N) is 1. The molecule has 98 valence electrons. The Morgan fingerprint density at radius 3 is 2.61 bits per heavy atom. The molecule has 0 saturated heterocycles. The number of halogens is 2. The number of rotatable bonds is 4. The van der Waals surface area contributed by atoms with E-state index in [-0.39, 0.29) is 15.9 Å². The van der Waals surface area contributed by atoms with Crippen LogP contribution >= 0.6 is 15.9 Å². The molecule has 1 aromatic carbocycles. The molecule has 18 heavy (non-hydrogen) atoms. The zero-order valence-electron chi connectivity index (χ0n) is 9.87. The molecule has 0 aliphatic rings. The van der Waals surface area contributed by atoms with Crippen molar-refractivity contribution in [3.8, 4) is 6.07 Å². The molecule has 0 radical (unpaired) electrons. The van der Waals surface area contributed by atoms with Gasteiger partial charge in [0.25, 0.3) is 0 Å². The summed E-state index contributed by atoms with van der Waals surface area (Å²) in [6, 6.07) is 5.51. The molecule has 1 N–H and O–H groups in total. The zero-order chi connectivity index (χ0) is 14.0. The zero-order valence-corrected chi connectivity index (χ0v) is 12.3. The van der Waals surface area contributed by atoms with E-state index in [1.54, 1.807) is 13.8 Å². The highest BCUT2D eigenvalue weighted by molar-refractivity contribution is 9.10. The molecule has 0 saturated carbocycles. The van der Waals surface area contributed by atoms with Gasteiger partial charge in [0, 0.05) is 6.54 Å². The molecule has 7 heteroatoms. The van der Waals surface area contributed by atoms with Crippen LogP contribution in [0.1, 0.15) is 13.8 Å². The summed E-state index contributed by atoms with van der Waals surface area (Å²) >= 11 is 2.94. The summed E-state index contributed by atoms with van der Waals surface area (Å²) in [7, 11) is -3.80. The average Bonchev–Trinajstić information content (AvgIpc) is 2.30. The van der Waals surface area contributed by atoms with Gasteiger partial charge in [0.15, 0.2) is 0 Å². The predicted molar refractivity (Wildman–Crippen MR) is 68.7 cm³/mol. The van der Waals surface area contributed by atoms with Crippen LogP contribution in [0.25, 0.3) is 0 Å². The summed E-state index contributed by atoms with van der Waals surface area (Å²) < 4.78 is 39.4. The Morgan fingerprint density at radius 1 is 1.50 bits per heavy atom. The maximum atomic E-state index is 13.3. The molecular weight excluding hydrogens is 323 g/mol. The lowest BCUT2D eigenvalue weighted by Gasteiger charge is -2.16. The van der Waals surface area contributed by atoms with E-state index in [0.717, 1.165) is 6.07 Å². The van der Waals surface area contributed by atoms with E-state index >= 15 is 0 Å². The lowest BCUT2D eigenvalue weighted by Crippen LogP contribution is -2.33. The van der Waals surface area contributed by atoms with Crippen LogP contribution in [-0.4, -0.2) is 15.0 Å². The summed E-state index contributed by atoms with van der Waals surface area (Å²) in [5.41, 5.74) is -0.818. The molecular formula is C11H12BrFN2O2S. The van der Waals surface area contributed by atoms with Crippen molar-refractivity contribution in [2.24, 2.45) is 5.41 Å². The number of sulfonamides is 1. The number of hydrogen-bond acceptors (Lipinski definition) is 3. The largest absolute Gasteiger partial charge is 0.240 e. The van der Waals surface area contributed by atoms with Gasteiger partial charge in [-0.15, -0.1) is 0 Å². The highest BCUT2D eigenvalue weighted by Crippen LogP contribution is 2.20. The molecule has 0 atom stereocenters. The van der Waals surface area contributed by atoms with E-state index in [0.29, 0.717) is 0 Å².